The second-order valence-corrected chi connectivity index (χ2v) is 14.6. The molecule has 0 radical (unpaired) electrons. The van der Waals surface area contributed by atoms with E-state index >= 15 is 0 Å². The summed E-state index contributed by atoms with van der Waals surface area (Å²) in [6.45, 7) is 8.31. The summed E-state index contributed by atoms with van der Waals surface area (Å²) in [7, 11) is 0. The molecule has 0 spiro atoms. The quantitative estimate of drug-likeness (QED) is 0.159. The second-order valence-electron chi connectivity index (χ2n) is 14.6. The Labute approximate surface area is 303 Å². The van der Waals surface area contributed by atoms with Crippen LogP contribution in [0.25, 0.3) is 98.6 Å². The van der Waals surface area contributed by atoms with Gasteiger partial charge in [-0.2, -0.15) is 0 Å². The second kappa shape index (κ2) is 10.7. The third kappa shape index (κ3) is 4.16. The molecule has 11 aromatic rings. The van der Waals surface area contributed by atoms with Gasteiger partial charge in [0, 0.05) is 60.5 Å². The molecule has 53 heavy (non-hydrogen) atoms. The standard InChI is InChI=1S/C24H15NO2.C24H17NO/c1-12-7-9-15-19-20-16(10-8-13(2)24(20)27-23(12)19)22(26)17-11-14-5-3-4-6-18(14)25-21(15)17;1-13-7-9-16-12-17-11-15-5-3-4-6-19(15)25-22(17)18-10-8-14(2)24-21(18)20(16)23(13)26-24/h3-11H,1-2H3;3-11H,12H2,1-2H3. The molecule has 1 aliphatic rings. The lowest BCUT2D eigenvalue weighted by Gasteiger charge is -2.10. The third-order valence-corrected chi connectivity index (χ3v) is 11.3. The molecule has 0 saturated heterocycles. The predicted molar refractivity (Wildman–Crippen MR) is 218 cm³/mol. The first-order chi connectivity index (χ1) is 25.8. The SMILES string of the molecule is Cc1ccc2c(=O)c3cc4ccccc4nc3c3ccc(C)c4oc1c2c43.Cc1ccc2c3c1oc1c(C)ccc(c13)-c1nc3ccccc3cc1C2. The number of rotatable bonds is 0. The Kier molecular flexibility index (Phi) is 6.08. The van der Waals surface area contributed by atoms with Crippen molar-refractivity contribution in [2.24, 2.45) is 0 Å². The Morgan fingerprint density at radius 2 is 1.04 bits per heavy atom. The molecular formula is C48H32N2O3. The van der Waals surface area contributed by atoms with Gasteiger partial charge in [0.05, 0.1) is 22.2 Å². The van der Waals surface area contributed by atoms with E-state index in [-0.39, 0.29) is 5.43 Å². The van der Waals surface area contributed by atoms with E-state index < -0.39 is 0 Å². The van der Waals surface area contributed by atoms with E-state index in [1.54, 1.807) is 0 Å². The molecule has 0 saturated carbocycles. The molecule has 0 bridgehead atoms. The van der Waals surface area contributed by atoms with Crippen LogP contribution in [0, 0.1) is 27.7 Å². The number of fused-ring (bicyclic) bond motifs is 6. The Morgan fingerprint density at radius 1 is 0.491 bits per heavy atom. The van der Waals surface area contributed by atoms with E-state index in [0.717, 1.165) is 83.7 Å². The lowest BCUT2D eigenvalue weighted by Crippen LogP contribution is -1.99. The molecule has 5 heteroatoms. The van der Waals surface area contributed by atoms with Gasteiger partial charge in [-0.1, -0.05) is 78.9 Å². The minimum atomic E-state index is 0.00445. The number of pyridine rings is 2. The molecule has 0 aliphatic heterocycles. The van der Waals surface area contributed by atoms with Crippen LogP contribution in [-0.2, 0) is 6.42 Å². The van der Waals surface area contributed by atoms with Gasteiger partial charge in [-0.3, -0.25) is 4.79 Å². The Balaban J connectivity index is 0.000000125. The molecule has 7 aromatic carbocycles. The third-order valence-electron chi connectivity index (χ3n) is 11.3. The van der Waals surface area contributed by atoms with E-state index in [0.29, 0.717) is 10.8 Å². The average molecular weight is 685 g/mol. The summed E-state index contributed by atoms with van der Waals surface area (Å²) in [5.74, 6) is 0. The normalized spacial score (nSPS) is 12.5. The maximum atomic E-state index is 13.5. The number of aryl methyl sites for hydroxylation is 4. The molecule has 0 fully saturated rings. The van der Waals surface area contributed by atoms with Gasteiger partial charge in [0.1, 0.15) is 22.3 Å². The Bertz CT molecular complexity index is 3440. The van der Waals surface area contributed by atoms with E-state index in [9.17, 15) is 4.79 Å². The van der Waals surface area contributed by atoms with Crippen molar-refractivity contribution in [2.45, 2.75) is 34.1 Å². The first-order valence-electron chi connectivity index (χ1n) is 18.1. The molecule has 4 aromatic heterocycles. The maximum Gasteiger partial charge on any atom is 0.196 e. The van der Waals surface area contributed by atoms with Gasteiger partial charge < -0.3 is 8.83 Å². The van der Waals surface area contributed by atoms with Crippen LogP contribution in [0.15, 0.2) is 123 Å². The lowest BCUT2D eigenvalue weighted by molar-refractivity contribution is 0.662. The fourth-order valence-corrected chi connectivity index (χ4v) is 8.64. The largest absolute Gasteiger partial charge is 0.455 e. The van der Waals surface area contributed by atoms with Gasteiger partial charge in [-0.15, -0.1) is 0 Å². The van der Waals surface area contributed by atoms with Crippen LogP contribution >= 0.6 is 0 Å². The lowest BCUT2D eigenvalue weighted by atomic mass is 9.99. The van der Waals surface area contributed by atoms with Crippen molar-refractivity contribution in [3.63, 3.8) is 0 Å². The molecule has 5 nitrogen and oxygen atoms in total. The zero-order valence-electron chi connectivity index (χ0n) is 29.7. The van der Waals surface area contributed by atoms with Gasteiger partial charge in [-0.05, 0) is 91.4 Å². The minimum Gasteiger partial charge on any atom is -0.455 e. The average Bonchev–Trinajstić information content (AvgIpc) is 3.73. The number of para-hydroxylation sites is 2. The van der Waals surface area contributed by atoms with Crippen molar-refractivity contribution in [2.75, 3.05) is 0 Å². The van der Waals surface area contributed by atoms with Crippen molar-refractivity contribution < 1.29 is 8.83 Å². The van der Waals surface area contributed by atoms with Crippen LogP contribution in [0.4, 0.5) is 0 Å². The van der Waals surface area contributed by atoms with E-state index in [4.69, 9.17) is 18.8 Å². The number of hydrogen-bond acceptors (Lipinski definition) is 5. The molecular weight excluding hydrogens is 653 g/mol. The number of furan rings is 2. The highest BCUT2D eigenvalue weighted by Gasteiger charge is 2.25. The summed E-state index contributed by atoms with van der Waals surface area (Å²) in [5, 5.41) is 8.88. The van der Waals surface area contributed by atoms with Gasteiger partial charge >= 0.3 is 0 Å². The molecule has 0 unspecified atom stereocenters. The molecule has 1 aliphatic carbocycles. The van der Waals surface area contributed by atoms with Gasteiger partial charge in [-0.25, -0.2) is 9.97 Å². The molecule has 0 amide bonds. The van der Waals surface area contributed by atoms with Crippen LogP contribution in [0.1, 0.15) is 33.4 Å². The molecule has 0 atom stereocenters. The number of aromatic nitrogens is 2. The van der Waals surface area contributed by atoms with Crippen LogP contribution in [0.5, 0.6) is 0 Å². The highest BCUT2D eigenvalue weighted by molar-refractivity contribution is 6.27. The number of hydrogen-bond donors (Lipinski definition) is 0. The van der Waals surface area contributed by atoms with Crippen molar-refractivity contribution >= 4 is 87.4 Å². The highest BCUT2D eigenvalue weighted by Crippen LogP contribution is 2.45. The summed E-state index contributed by atoms with van der Waals surface area (Å²) in [6.07, 6.45) is 0.881. The molecule has 12 rings (SSSR count). The zero-order valence-corrected chi connectivity index (χ0v) is 29.7. The van der Waals surface area contributed by atoms with E-state index in [1.807, 2.05) is 62.4 Å². The first-order valence-corrected chi connectivity index (χ1v) is 18.1. The molecule has 252 valence electrons. The van der Waals surface area contributed by atoms with Crippen molar-refractivity contribution in [1.82, 2.24) is 9.97 Å². The summed E-state index contributed by atoms with van der Waals surface area (Å²) < 4.78 is 12.6. The topological polar surface area (TPSA) is 69.1 Å². The van der Waals surface area contributed by atoms with Crippen molar-refractivity contribution in [3.05, 3.63) is 153 Å². The Morgan fingerprint density at radius 3 is 1.75 bits per heavy atom. The summed E-state index contributed by atoms with van der Waals surface area (Å²) in [4.78, 5) is 23.5. The van der Waals surface area contributed by atoms with Crippen molar-refractivity contribution in [1.29, 1.82) is 0 Å². The molecule has 4 heterocycles. The van der Waals surface area contributed by atoms with Crippen molar-refractivity contribution in [3.8, 4) is 11.3 Å². The fourth-order valence-electron chi connectivity index (χ4n) is 8.64. The first kappa shape index (κ1) is 30.1. The monoisotopic (exact) mass is 684 g/mol. The number of nitrogens with zero attached hydrogens (tertiary/aromatic N) is 2. The van der Waals surface area contributed by atoms with E-state index in [2.05, 4.69) is 74.5 Å². The van der Waals surface area contributed by atoms with E-state index in [1.165, 1.54) is 44.0 Å². The summed E-state index contributed by atoms with van der Waals surface area (Å²) in [6, 6.07) is 37.4. The maximum absolute atomic E-state index is 13.5. The Hall–Kier alpha value is -6.59. The van der Waals surface area contributed by atoms with Crippen LogP contribution in [0.2, 0.25) is 0 Å². The predicted octanol–water partition coefficient (Wildman–Crippen LogP) is 12.2. The minimum absolute atomic E-state index is 0.00445. The van der Waals surface area contributed by atoms with Crippen LogP contribution in [-0.4, -0.2) is 9.97 Å². The fraction of sp³-hybridized carbons (Fsp3) is 0.104. The molecule has 0 N–H and O–H groups in total. The van der Waals surface area contributed by atoms with Crippen LogP contribution in [0.3, 0.4) is 0 Å². The highest BCUT2D eigenvalue weighted by atomic mass is 16.3. The number of benzene rings is 6. The van der Waals surface area contributed by atoms with Gasteiger partial charge in [0.25, 0.3) is 0 Å². The smallest absolute Gasteiger partial charge is 0.196 e. The summed E-state index contributed by atoms with van der Waals surface area (Å²) in [5.41, 5.74) is 15.7. The van der Waals surface area contributed by atoms with Gasteiger partial charge in [0.15, 0.2) is 5.43 Å². The van der Waals surface area contributed by atoms with Crippen LogP contribution < -0.4 is 5.43 Å². The van der Waals surface area contributed by atoms with Gasteiger partial charge in [0.2, 0.25) is 0 Å². The summed E-state index contributed by atoms with van der Waals surface area (Å²) >= 11 is 0. The zero-order chi connectivity index (χ0) is 35.7.